The van der Waals surface area contributed by atoms with Crippen LogP contribution in [0.2, 0.25) is 0 Å². The van der Waals surface area contributed by atoms with Gasteiger partial charge in [0, 0.05) is 5.69 Å². The third kappa shape index (κ3) is 2.89. The number of hydrogen-bond acceptors (Lipinski definition) is 2. The Kier molecular flexibility index (Phi) is 3.96. The van der Waals surface area contributed by atoms with Gasteiger partial charge in [0.1, 0.15) is 12.4 Å². The van der Waals surface area contributed by atoms with Gasteiger partial charge in [0.05, 0.1) is 5.41 Å². The Morgan fingerprint density at radius 2 is 1.82 bits per heavy atom. The van der Waals surface area contributed by atoms with Crippen molar-refractivity contribution in [2.24, 2.45) is 0 Å². The number of ether oxygens (including phenoxy) is 1. The number of rotatable bonds is 6. The number of carbonyl (C=O) groups excluding carboxylic acids is 1. The molecule has 1 N–H and O–H groups in total. The second-order valence-corrected chi connectivity index (χ2v) is 5.53. The van der Waals surface area contributed by atoms with Crippen LogP contribution in [0, 0.1) is 0 Å². The lowest BCUT2D eigenvalue weighted by Gasteiger charge is -2.16. The highest BCUT2D eigenvalue weighted by Gasteiger charge is 2.51. The largest absolute Gasteiger partial charge is 0.490 e. The summed E-state index contributed by atoms with van der Waals surface area (Å²) in [6.45, 7) is 4.09. The van der Waals surface area contributed by atoms with Gasteiger partial charge in [-0.25, -0.2) is 0 Å². The Bertz CT molecular complexity index is 658. The summed E-state index contributed by atoms with van der Waals surface area (Å²) < 4.78 is 5.43. The molecule has 2 aromatic carbocycles. The van der Waals surface area contributed by atoms with E-state index in [4.69, 9.17) is 4.74 Å². The number of carbonyl (C=O) groups is 1. The first kappa shape index (κ1) is 14.4. The molecule has 1 fully saturated rings. The van der Waals surface area contributed by atoms with E-state index in [0.29, 0.717) is 6.61 Å². The fraction of sp³-hybridized carbons (Fsp3) is 0.211. The van der Waals surface area contributed by atoms with Crippen molar-refractivity contribution in [1.29, 1.82) is 0 Å². The zero-order valence-corrected chi connectivity index (χ0v) is 12.4. The van der Waals surface area contributed by atoms with Gasteiger partial charge in [-0.2, -0.15) is 0 Å². The number of anilines is 1. The Morgan fingerprint density at radius 1 is 1.14 bits per heavy atom. The molecule has 1 saturated carbocycles. The highest BCUT2D eigenvalue weighted by atomic mass is 16.5. The maximum Gasteiger partial charge on any atom is 0.235 e. The van der Waals surface area contributed by atoms with Gasteiger partial charge < -0.3 is 10.1 Å². The molecule has 0 unspecified atom stereocenters. The van der Waals surface area contributed by atoms with Crippen LogP contribution >= 0.6 is 0 Å². The van der Waals surface area contributed by atoms with Crippen molar-refractivity contribution in [1.82, 2.24) is 0 Å². The summed E-state index contributed by atoms with van der Waals surface area (Å²) in [5.74, 6) is 0.834. The van der Waals surface area contributed by atoms with Crippen LogP contribution in [-0.2, 0) is 10.2 Å². The predicted molar refractivity (Wildman–Crippen MR) is 88.1 cm³/mol. The van der Waals surface area contributed by atoms with E-state index < -0.39 is 0 Å². The van der Waals surface area contributed by atoms with Crippen molar-refractivity contribution in [3.63, 3.8) is 0 Å². The van der Waals surface area contributed by atoms with Gasteiger partial charge in [-0.3, -0.25) is 4.79 Å². The maximum absolute atomic E-state index is 12.6. The highest BCUT2D eigenvalue weighted by molar-refractivity contribution is 6.01. The molecule has 0 atom stereocenters. The lowest BCUT2D eigenvalue weighted by molar-refractivity contribution is -0.118. The molecule has 1 aliphatic rings. The van der Waals surface area contributed by atoms with Crippen LogP contribution in [0.4, 0.5) is 5.69 Å². The number of benzene rings is 2. The minimum Gasteiger partial charge on any atom is -0.490 e. The Labute approximate surface area is 130 Å². The van der Waals surface area contributed by atoms with Crippen LogP contribution in [0.15, 0.2) is 67.3 Å². The normalized spacial score (nSPS) is 14.9. The molecule has 3 heteroatoms. The summed E-state index contributed by atoms with van der Waals surface area (Å²) in [5, 5.41) is 3.01. The molecule has 0 aliphatic heterocycles. The van der Waals surface area contributed by atoms with Gasteiger partial charge in [-0.05, 0) is 42.7 Å². The molecule has 0 aromatic heterocycles. The predicted octanol–water partition coefficient (Wildman–Crippen LogP) is 3.92. The summed E-state index contributed by atoms with van der Waals surface area (Å²) in [6.07, 6.45) is 3.51. The van der Waals surface area contributed by atoms with E-state index in [0.717, 1.165) is 29.8 Å². The first-order chi connectivity index (χ1) is 10.7. The van der Waals surface area contributed by atoms with Crippen molar-refractivity contribution in [3.05, 3.63) is 72.8 Å². The molecule has 2 aromatic rings. The van der Waals surface area contributed by atoms with Gasteiger partial charge in [0.25, 0.3) is 0 Å². The van der Waals surface area contributed by atoms with Crippen molar-refractivity contribution in [2.75, 3.05) is 11.9 Å². The van der Waals surface area contributed by atoms with Gasteiger partial charge >= 0.3 is 0 Å². The van der Waals surface area contributed by atoms with Crippen molar-refractivity contribution >= 4 is 11.6 Å². The molecule has 1 amide bonds. The minimum absolute atomic E-state index is 0.0680. The van der Waals surface area contributed by atoms with Crippen LogP contribution in [0.3, 0.4) is 0 Å². The molecule has 22 heavy (non-hydrogen) atoms. The van der Waals surface area contributed by atoms with E-state index in [-0.39, 0.29) is 11.3 Å². The fourth-order valence-electron chi connectivity index (χ4n) is 2.57. The van der Waals surface area contributed by atoms with Crippen LogP contribution in [0.1, 0.15) is 18.4 Å². The van der Waals surface area contributed by atoms with Crippen molar-refractivity contribution in [2.45, 2.75) is 18.3 Å². The second kappa shape index (κ2) is 6.06. The van der Waals surface area contributed by atoms with Gasteiger partial charge in [-0.15, -0.1) is 0 Å². The minimum atomic E-state index is -0.348. The van der Waals surface area contributed by atoms with E-state index >= 15 is 0 Å². The molecule has 3 nitrogen and oxygen atoms in total. The SMILES string of the molecule is C=CCOc1ccc(NC(=O)C2(c3ccccc3)CC2)cc1. The third-order valence-electron chi connectivity index (χ3n) is 3.99. The topological polar surface area (TPSA) is 38.3 Å². The molecule has 0 bridgehead atoms. The average Bonchev–Trinajstić information content (AvgIpc) is 3.37. The first-order valence-corrected chi connectivity index (χ1v) is 7.45. The molecular formula is C19H19NO2. The van der Waals surface area contributed by atoms with E-state index in [2.05, 4.69) is 11.9 Å². The molecule has 0 radical (unpaired) electrons. The molecule has 1 aliphatic carbocycles. The molecule has 0 spiro atoms. The van der Waals surface area contributed by atoms with Crippen molar-refractivity contribution < 1.29 is 9.53 Å². The molecular weight excluding hydrogens is 274 g/mol. The fourth-order valence-corrected chi connectivity index (χ4v) is 2.57. The quantitative estimate of drug-likeness (QED) is 0.820. The number of nitrogens with one attached hydrogen (secondary N) is 1. The van der Waals surface area contributed by atoms with Crippen LogP contribution in [-0.4, -0.2) is 12.5 Å². The molecule has 0 heterocycles. The summed E-state index contributed by atoms with van der Waals surface area (Å²) >= 11 is 0. The van der Waals surface area contributed by atoms with Gasteiger partial charge in [-0.1, -0.05) is 43.0 Å². The zero-order valence-electron chi connectivity index (χ0n) is 12.4. The Balaban J connectivity index is 1.68. The van der Waals surface area contributed by atoms with E-state index in [1.165, 1.54) is 0 Å². The smallest absolute Gasteiger partial charge is 0.235 e. The number of amides is 1. The van der Waals surface area contributed by atoms with Crippen molar-refractivity contribution in [3.8, 4) is 5.75 Å². The lowest BCUT2D eigenvalue weighted by atomic mass is 9.95. The maximum atomic E-state index is 12.6. The molecule has 0 saturated heterocycles. The lowest BCUT2D eigenvalue weighted by Crippen LogP contribution is -2.27. The third-order valence-corrected chi connectivity index (χ3v) is 3.99. The Hall–Kier alpha value is -2.55. The van der Waals surface area contributed by atoms with Gasteiger partial charge in [0.2, 0.25) is 5.91 Å². The summed E-state index contributed by atoms with van der Waals surface area (Å²) in [4.78, 5) is 12.6. The summed E-state index contributed by atoms with van der Waals surface area (Å²) in [6, 6.07) is 17.4. The van der Waals surface area contributed by atoms with E-state index in [9.17, 15) is 4.79 Å². The van der Waals surface area contributed by atoms with Crippen LogP contribution in [0.5, 0.6) is 5.75 Å². The Morgan fingerprint density at radius 3 is 2.41 bits per heavy atom. The van der Waals surface area contributed by atoms with Crippen LogP contribution < -0.4 is 10.1 Å². The summed E-state index contributed by atoms with van der Waals surface area (Å²) in [5.41, 5.74) is 1.54. The molecule has 3 rings (SSSR count). The second-order valence-electron chi connectivity index (χ2n) is 5.53. The standard InChI is InChI=1S/C19H19NO2/c1-2-14-22-17-10-8-16(9-11-17)20-18(21)19(12-13-19)15-6-4-3-5-7-15/h2-11H,1,12-14H2,(H,20,21). The van der Waals surface area contributed by atoms with E-state index in [1.54, 1.807) is 6.08 Å². The van der Waals surface area contributed by atoms with Crippen LogP contribution in [0.25, 0.3) is 0 Å². The zero-order chi connectivity index (χ0) is 15.4. The molecule has 112 valence electrons. The van der Waals surface area contributed by atoms with Gasteiger partial charge in [0.15, 0.2) is 0 Å². The first-order valence-electron chi connectivity index (χ1n) is 7.45. The monoisotopic (exact) mass is 293 g/mol. The summed E-state index contributed by atoms with van der Waals surface area (Å²) in [7, 11) is 0. The average molecular weight is 293 g/mol. The number of hydrogen-bond donors (Lipinski definition) is 1. The highest BCUT2D eigenvalue weighted by Crippen LogP contribution is 2.48. The van der Waals surface area contributed by atoms with E-state index in [1.807, 2.05) is 54.6 Å².